The summed E-state index contributed by atoms with van der Waals surface area (Å²) in [6, 6.07) is 7.05. The molecule has 4 N–H and O–H groups in total. The summed E-state index contributed by atoms with van der Waals surface area (Å²) in [6.45, 7) is 2.50. The van der Waals surface area contributed by atoms with Gasteiger partial charge in [0.1, 0.15) is 5.75 Å². The van der Waals surface area contributed by atoms with Crippen LogP contribution in [0.4, 0.5) is 5.95 Å². The minimum atomic E-state index is -0.359. The topological polar surface area (TPSA) is 106 Å². The Morgan fingerprint density at radius 2 is 2.06 bits per heavy atom. The quantitative estimate of drug-likeness (QED) is 0.537. The second-order valence-corrected chi connectivity index (χ2v) is 3.45. The number of benzene rings is 1. The molecule has 1 aromatic heterocycles. The van der Waals surface area contributed by atoms with Gasteiger partial charge < -0.3 is 4.74 Å². The zero-order valence-electron chi connectivity index (χ0n) is 9.80. The summed E-state index contributed by atoms with van der Waals surface area (Å²) in [5.74, 6) is 5.98. The molecular formula is C11H13N5O2. The van der Waals surface area contributed by atoms with Gasteiger partial charge in [-0.15, -0.1) is 10.2 Å². The predicted octanol–water partition coefficient (Wildman–Crippen LogP) is 0.516. The van der Waals surface area contributed by atoms with Gasteiger partial charge >= 0.3 is 0 Å². The largest absolute Gasteiger partial charge is 0.494 e. The summed E-state index contributed by atoms with van der Waals surface area (Å²) in [5.41, 5.74) is 2.76. The summed E-state index contributed by atoms with van der Waals surface area (Å²) in [7, 11) is 0. The van der Waals surface area contributed by atoms with Crippen molar-refractivity contribution >= 4 is 5.95 Å². The van der Waals surface area contributed by atoms with Gasteiger partial charge in [-0.3, -0.25) is 15.2 Å². The first kappa shape index (κ1) is 12.1. The molecule has 0 aliphatic rings. The molecule has 7 heteroatoms. The SMILES string of the molecule is CCOc1ccc(-c2nnc(NN)[nH]c2=O)cc1. The van der Waals surface area contributed by atoms with Crippen LogP contribution in [0.3, 0.4) is 0 Å². The second-order valence-electron chi connectivity index (χ2n) is 3.45. The molecule has 0 bridgehead atoms. The van der Waals surface area contributed by atoms with E-state index in [9.17, 15) is 4.79 Å². The van der Waals surface area contributed by atoms with E-state index >= 15 is 0 Å². The Morgan fingerprint density at radius 3 is 2.61 bits per heavy atom. The monoisotopic (exact) mass is 247 g/mol. The maximum atomic E-state index is 11.7. The number of nitrogens with two attached hydrogens (primary N) is 1. The minimum Gasteiger partial charge on any atom is -0.494 e. The van der Waals surface area contributed by atoms with E-state index in [1.807, 2.05) is 6.92 Å². The molecule has 0 amide bonds. The number of nitrogens with one attached hydrogen (secondary N) is 2. The van der Waals surface area contributed by atoms with Crippen molar-refractivity contribution in [1.82, 2.24) is 15.2 Å². The molecule has 1 aromatic carbocycles. The van der Waals surface area contributed by atoms with E-state index in [1.165, 1.54) is 0 Å². The van der Waals surface area contributed by atoms with Crippen LogP contribution in [-0.4, -0.2) is 21.8 Å². The zero-order chi connectivity index (χ0) is 13.0. The third kappa shape index (κ3) is 2.46. The number of hydrogen-bond acceptors (Lipinski definition) is 6. The highest BCUT2D eigenvalue weighted by molar-refractivity contribution is 5.58. The van der Waals surface area contributed by atoms with Crippen LogP contribution < -0.4 is 21.6 Å². The lowest BCUT2D eigenvalue weighted by Gasteiger charge is -2.04. The van der Waals surface area contributed by atoms with Crippen LogP contribution in [0, 0.1) is 0 Å². The first-order valence-electron chi connectivity index (χ1n) is 5.41. The van der Waals surface area contributed by atoms with Gasteiger partial charge in [-0.25, -0.2) is 5.84 Å². The van der Waals surface area contributed by atoms with E-state index in [4.69, 9.17) is 10.6 Å². The lowest BCUT2D eigenvalue weighted by atomic mass is 10.1. The lowest BCUT2D eigenvalue weighted by Crippen LogP contribution is -2.19. The smallest absolute Gasteiger partial charge is 0.279 e. The summed E-state index contributed by atoms with van der Waals surface area (Å²) in [4.78, 5) is 14.2. The number of rotatable bonds is 4. The first-order chi connectivity index (χ1) is 8.74. The lowest BCUT2D eigenvalue weighted by molar-refractivity contribution is 0.340. The third-order valence-corrected chi connectivity index (χ3v) is 2.27. The van der Waals surface area contributed by atoms with Crippen LogP contribution in [0.25, 0.3) is 11.3 Å². The fourth-order valence-corrected chi connectivity index (χ4v) is 1.47. The van der Waals surface area contributed by atoms with Crippen LogP contribution in [-0.2, 0) is 0 Å². The number of hydrazine groups is 1. The van der Waals surface area contributed by atoms with Crippen molar-refractivity contribution < 1.29 is 4.74 Å². The van der Waals surface area contributed by atoms with Crippen LogP contribution in [0.1, 0.15) is 6.92 Å². The normalized spacial score (nSPS) is 10.1. The molecule has 0 atom stereocenters. The number of aromatic nitrogens is 3. The Morgan fingerprint density at radius 1 is 1.33 bits per heavy atom. The van der Waals surface area contributed by atoms with Gasteiger partial charge in [0, 0.05) is 5.56 Å². The summed E-state index contributed by atoms with van der Waals surface area (Å²) >= 11 is 0. The van der Waals surface area contributed by atoms with Crippen molar-refractivity contribution in [3.8, 4) is 17.0 Å². The molecule has 0 fully saturated rings. The highest BCUT2D eigenvalue weighted by atomic mass is 16.5. The van der Waals surface area contributed by atoms with E-state index in [-0.39, 0.29) is 17.2 Å². The summed E-state index contributed by atoms with van der Waals surface area (Å²) < 4.78 is 5.31. The van der Waals surface area contributed by atoms with Crippen molar-refractivity contribution in [1.29, 1.82) is 0 Å². The highest BCUT2D eigenvalue weighted by Crippen LogP contribution is 2.17. The number of nitrogen functional groups attached to an aromatic ring is 1. The van der Waals surface area contributed by atoms with E-state index in [0.29, 0.717) is 12.2 Å². The molecule has 94 valence electrons. The van der Waals surface area contributed by atoms with Crippen molar-refractivity contribution in [3.63, 3.8) is 0 Å². The standard InChI is InChI=1S/C11H13N5O2/c1-2-18-8-5-3-7(4-6-8)9-10(17)13-11(14-12)16-15-9/h3-6H,2,12H2,1H3,(H2,13,14,16,17). The summed E-state index contributed by atoms with van der Waals surface area (Å²) in [5, 5.41) is 7.54. The van der Waals surface area contributed by atoms with Gasteiger partial charge in [0.15, 0.2) is 5.69 Å². The van der Waals surface area contributed by atoms with Gasteiger partial charge in [0.05, 0.1) is 6.61 Å². The average Bonchev–Trinajstić information content (AvgIpc) is 2.40. The minimum absolute atomic E-state index is 0.120. The molecule has 0 saturated heterocycles. The molecule has 2 aromatic rings. The molecule has 0 aliphatic carbocycles. The molecule has 7 nitrogen and oxygen atoms in total. The molecule has 0 aliphatic heterocycles. The van der Waals surface area contributed by atoms with Crippen LogP contribution in [0.2, 0.25) is 0 Å². The number of nitrogens with zero attached hydrogens (tertiary/aromatic N) is 2. The van der Waals surface area contributed by atoms with Crippen LogP contribution >= 0.6 is 0 Å². The number of H-pyrrole nitrogens is 1. The van der Waals surface area contributed by atoms with Gasteiger partial charge in [0.25, 0.3) is 5.56 Å². The molecular weight excluding hydrogens is 234 g/mol. The fourth-order valence-electron chi connectivity index (χ4n) is 1.47. The maximum Gasteiger partial charge on any atom is 0.279 e. The Balaban J connectivity index is 2.34. The molecule has 0 spiro atoms. The zero-order valence-corrected chi connectivity index (χ0v) is 9.80. The van der Waals surface area contributed by atoms with E-state index in [0.717, 1.165) is 5.75 Å². The molecule has 2 rings (SSSR count). The van der Waals surface area contributed by atoms with Gasteiger partial charge in [-0.05, 0) is 31.2 Å². The average molecular weight is 247 g/mol. The maximum absolute atomic E-state index is 11.7. The van der Waals surface area contributed by atoms with E-state index in [2.05, 4.69) is 20.6 Å². The van der Waals surface area contributed by atoms with E-state index < -0.39 is 0 Å². The summed E-state index contributed by atoms with van der Waals surface area (Å²) in [6.07, 6.45) is 0. The second kappa shape index (κ2) is 5.28. The van der Waals surface area contributed by atoms with Gasteiger partial charge in [-0.1, -0.05) is 0 Å². The number of ether oxygens (including phenoxy) is 1. The first-order valence-corrected chi connectivity index (χ1v) is 5.41. The van der Waals surface area contributed by atoms with Gasteiger partial charge in [-0.2, -0.15) is 0 Å². The molecule has 0 radical (unpaired) electrons. The molecule has 18 heavy (non-hydrogen) atoms. The Hall–Kier alpha value is -2.41. The van der Waals surface area contributed by atoms with E-state index in [1.54, 1.807) is 24.3 Å². The Bertz CT molecular complexity index is 579. The van der Waals surface area contributed by atoms with Crippen molar-refractivity contribution in [2.24, 2.45) is 5.84 Å². The number of anilines is 1. The third-order valence-electron chi connectivity index (χ3n) is 2.27. The Labute approximate surface area is 103 Å². The molecule has 1 heterocycles. The highest BCUT2D eigenvalue weighted by Gasteiger charge is 2.07. The molecule has 0 saturated carbocycles. The van der Waals surface area contributed by atoms with Crippen molar-refractivity contribution in [2.75, 3.05) is 12.0 Å². The molecule has 0 unspecified atom stereocenters. The predicted molar refractivity (Wildman–Crippen MR) is 67.1 cm³/mol. The van der Waals surface area contributed by atoms with Crippen LogP contribution in [0.15, 0.2) is 29.1 Å². The number of aromatic amines is 1. The fraction of sp³-hybridized carbons (Fsp3) is 0.182. The Kier molecular flexibility index (Phi) is 3.54. The van der Waals surface area contributed by atoms with Gasteiger partial charge in [0.2, 0.25) is 5.95 Å². The van der Waals surface area contributed by atoms with Crippen molar-refractivity contribution in [2.45, 2.75) is 6.92 Å². The van der Waals surface area contributed by atoms with Crippen LogP contribution in [0.5, 0.6) is 5.75 Å². The number of hydrogen-bond donors (Lipinski definition) is 3. The van der Waals surface area contributed by atoms with Crippen molar-refractivity contribution in [3.05, 3.63) is 34.6 Å².